The molecule has 4 aliphatic rings. The van der Waals surface area contributed by atoms with Crippen molar-refractivity contribution in [3.05, 3.63) is 52.6 Å². The Balaban J connectivity index is 1.51. The van der Waals surface area contributed by atoms with Gasteiger partial charge in [-0.05, 0) is 25.5 Å². The lowest BCUT2D eigenvalue weighted by atomic mass is 9.66. The number of hydrogen-bond acceptors (Lipinski definition) is 4. The van der Waals surface area contributed by atoms with E-state index in [1.165, 1.54) is 5.57 Å². The minimum absolute atomic E-state index is 0.0820. The second-order valence-electron chi connectivity index (χ2n) is 9.15. The van der Waals surface area contributed by atoms with Crippen LogP contribution >= 0.6 is 0 Å². The summed E-state index contributed by atoms with van der Waals surface area (Å²) in [4.78, 5) is 25.7. The summed E-state index contributed by atoms with van der Waals surface area (Å²) in [6.45, 7) is 6.33. The normalized spacial score (nSPS) is 33.2. The van der Waals surface area contributed by atoms with E-state index in [-0.39, 0.29) is 29.2 Å². The van der Waals surface area contributed by atoms with Gasteiger partial charge in [-0.2, -0.15) is 0 Å². The first kappa shape index (κ1) is 19.4. The van der Waals surface area contributed by atoms with E-state index in [0.717, 1.165) is 25.2 Å². The molecule has 2 amide bonds. The monoisotopic (exact) mass is 408 g/mol. The van der Waals surface area contributed by atoms with Crippen molar-refractivity contribution in [2.75, 3.05) is 26.9 Å². The van der Waals surface area contributed by atoms with Crippen LogP contribution in [0.3, 0.4) is 0 Å². The van der Waals surface area contributed by atoms with Gasteiger partial charge in [-0.15, -0.1) is 0 Å². The Morgan fingerprint density at radius 1 is 1.13 bits per heavy atom. The van der Waals surface area contributed by atoms with Crippen LogP contribution in [0.4, 0.5) is 0 Å². The predicted molar refractivity (Wildman–Crippen MR) is 113 cm³/mol. The molecule has 2 aliphatic carbocycles. The fourth-order valence-electron chi connectivity index (χ4n) is 5.27. The number of benzene rings is 1. The molecule has 0 bridgehead atoms. The summed E-state index contributed by atoms with van der Waals surface area (Å²) in [7, 11) is 1.60. The van der Waals surface area contributed by atoms with Crippen molar-refractivity contribution < 1.29 is 19.1 Å². The van der Waals surface area contributed by atoms with Crippen LogP contribution in [0, 0.1) is 17.3 Å². The van der Waals surface area contributed by atoms with Gasteiger partial charge in [0.2, 0.25) is 0 Å². The summed E-state index contributed by atoms with van der Waals surface area (Å²) in [5.74, 6) is 1.18. The van der Waals surface area contributed by atoms with Gasteiger partial charge in [-0.3, -0.25) is 9.59 Å². The molecular weight excluding hydrogens is 380 g/mol. The number of nitrogens with one attached hydrogen (secondary N) is 2. The fourth-order valence-corrected chi connectivity index (χ4v) is 5.27. The van der Waals surface area contributed by atoms with Gasteiger partial charge in [0, 0.05) is 47.4 Å². The van der Waals surface area contributed by atoms with Crippen LogP contribution in [0.25, 0.3) is 0 Å². The molecule has 5 rings (SSSR count). The molecular formula is C24H28N2O4. The Bertz CT molecular complexity index is 972. The molecule has 0 aromatic heterocycles. The number of allylic oxidation sites excluding steroid dienone is 4. The van der Waals surface area contributed by atoms with E-state index in [1.807, 2.05) is 6.07 Å². The zero-order chi connectivity index (χ0) is 21.0. The van der Waals surface area contributed by atoms with Crippen molar-refractivity contribution in [3.63, 3.8) is 0 Å². The molecule has 1 saturated heterocycles. The SMILES string of the molecule is CNC(=O)c1cc(C(=O)NC2[C@H]3COC[C@@H]23)cc2c1OC[C@@H]2C1(C)CC=CC=C1C. The van der Waals surface area contributed by atoms with Crippen molar-refractivity contribution in [2.45, 2.75) is 32.2 Å². The number of amides is 2. The molecule has 158 valence electrons. The molecule has 1 aromatic rings. The first-order valence-corrected chi connectivity index (χ1v) is 10.7. The third kappa shape index (κ3) is 2.88. The Morgan fingerprint density at radius 3 is 2.60 bits per heavy atom. The summed E-state index contributed by atoms with van der Waals surface area (Å²) >= 11 is 0. The lowest BCUT2D eigenvalue weighted by molar-refractivity contribution is 0.0928. The van der Waals surface area contributed by atoms with E-state index < -0.39 is 0 Å². The second-order valence-corrected chi connectivity index (χ2v) is 9.15. The molecule has 2 aliphatic heterocycles. The first-order chi connectivity index (χ1) is 14.4. The van der Waals surface area contributed by atoms with Gasteiger partial charge in [0.25, 0.3) is 11.8 Å². The predicted octanol–water partition coefficient (Wildman–Crippen LogP) is 2.81. The molecule has 2 unspecified atom stereocenters. The number of rotatable bonds is 4. The van der Waals surface area contributed by atoms with Crippen molar-refractivity contribution in [3.8, 4) is 5.75 Å². The highest BCUT2D eigenvalue weighted by molar-refractivity contribution is 6.02. The zero-order valence-corrected chi connectivity index (χ0v) is 17.7. The molecule has 1 saturated carbocycles. The van der Waals surface area contributed by atoms with Gasteiger partial charge in [-0.1, -0.05) is 30.7 Å². The van der Waals surface area contributed by atoms with Gasteiger partial charge >= 0.3 is 0 Å². The van der Waals surface area contributed by atoms with E-state index in [2.05, 4.69) is 42.7 Å². The summed E-state index contributed by atoms with van der Waals surface area (Å²) in [6, 6.07) is 3.78. The van der Waals surface area contributed by atoms with E-state index >= 15 is 0 Å². The third-order valence-electron chi connectivity index (χ3n) is 7.57. The number of carbonyl (C=O) groups is 2. The minimum atomic E-state index is -0.237. The molecule has 2 fully saturated rings. The van der Waals surface area contributed by atoms with E-state index in [9.17, 15) is 9.59 Å². The molecule has 30 heavy (non-hydrogen) atoms. The van der Waals surface area contributed by atoms with Crippen molar-refractivity contribution in [2.24, 2.45) is 17.3 Å². The van der Waals surface area contributed by atoms with Crippen LogP contribution in [-0.2, 0) is 4.74 Å². The highest BCUT2D eigenvalue weighted by Gasteiger charge is 2.55. The average molecular weight is 408 g/mol. The molecule has 0 radical (unpaired) electrons. The average Bonchev–Trinajstić information content (AvgIpc) is 3.12. The van der Waals surface area contributed by atoms with Crippen LogP contribution < -0.4 is 15.4 Å². The van der Waals surface area contributed by atoms with Crippen LogP contribution in [-0.4, -0.2) is 44.7 Å². The smallest absolute Gasteiger partial charge is 0.254 e. The van der Waals surface area contributed by atoms with E-state index in [1.54, 1.807) is 13.1 Å². The summed E-state index contributed by atoms with van der Waals surface area (Å²) in [6.07, 6.45) is 7.31. The highest BCUT2D eigenvalue weighted by Crippen LogP contribution is 2.52. The Morgan fingerprint density at radius 2 is 1.90 bits per heavy atom. The number of hydrogen-bond donors (Lipinski definition) is 2. The standard InChI is InChI=1S/C24H28N2O4/c1-13-6-4-5-7-24(13,2)19-12-30-21-15(19)8-14(9-16(21)23(28)25-3)22(27)26-20-17-10-29-11-18(17)20/h4-6,8-9,17-20H,7,10-12H2,1-3H3,(H,25,28)(H,26,27)/t17-,18+,19-,20?,24?/m0/s1. The zero-order valence-electron chi connectivity index (χ0n) is 17.7. The maximum atomic E-state index is 13.1. The molecule has 1 aromatic carbocycles. The van der Waals surface area contributed by atoms with Gasteiger partial charge in [0.1, 0.15) is 5.75 Å². The molecule has 0 spiro atoms. The lowest BCUT2D eigenvalue weighted by Gasteiger charge is -2.37. The molecule has 6 heteroatoms. The number of carbonyl (C=O) groups excluding carboxylic acids is 2. The molecule has 2 N–H and O–H groups in total. The number of ether oxygens (including phenoxy) is 2. The minimum Gasteiger partial charge on any atom is -0.492 e. The largest absolute Gasteiger partial charge is 0.492 e. The molecule has 2 heterocycles. The van der Waals surface area contributed by atoms with E-state index in [0.29, 0.717) is 35.3 Å². The second kappa shape index (κ2) is 6.98. The quantitative estimate of drug-likeness (QED) is 0.803. The van der Waals surface area contributed by atoms with Crippen LogP contribution in [0.2, 0.25) is 0 Å². The number of fused-ring (bicyclic) bond motifs is 2. The van der Waals surface area contributed by atoms with E-state index in [4.69, 9.17) is 9.47 Å². The van der Waals surface area contributed by atoms with Crippen LogP contribution in [0.1, 0.15) is 52.5 Å². The summed E-state index contributed by atoms with van der Waals surface area (Å²) in [5, 5.41) is 5.83. The lowest BCUT2D eigenvalue weighted by Crippen LogP contribution is -2.31. The summed E-state index contributed by atoms with van der Waals surface area (Å²) in [5.41, 5.74) is 3.07. The third-order valence-corrected chi connectivity index (χ3v) is 7.57. The maximum absolute atomic E-state index is 13.1. The molecule has 6 nitrogen and oxygen atoms in total. The van der Waals surface area contributed by atoms with Gasteiger partial charge in [-0.25, -0.2) is 0 Å². The summed E-state index contributed by atoms with van der Waals surface area (Å²) < 4.78 is 11.5. The van der Waals surface area contributed by atoms with Gasteiger partial charge in [0.15, 0.2) is 0 Å². The Hall–Kier alpha value is -2.60. The van der Waals surface area contributed by atoms with Crippen molar-refractivity contribution >= 4 is 11.8 Å². The highest BCUT2D eigenvalue weighted by atomic mass is 16.5. The first-order valence-electron chi connectivity index (χ1n) is 10.7. The van der Waals surface area contributed by atoms with Gasteiger partial charge < -0.3 is 20.1 Å². The van der Waals surface area contributed by atoms with Crippen molar-refractivity contribution in [1.82, 2.24) is 10.6 Å². The topological polar surface area (TPSA) is 76.7 Å². The van der Waals surface area contributed by atoms with Crippen LogP contribution in [0.15, 0.2) is 35.9 Å². The van der Waals surface area contributed by atoms with Gasteiger partial charge in [0.05, 0.1) is 25.4 Å². The fraction of sp³-hybridized carbons (Fsp3) is 0.500. The van der Waals surface area contributed by atoms with Crippen molar-refractivity contribution in [1.29, 1.82) is 0 Å². The van der Waals surface area contributed by atoms with Crippen LogP contribution in [0.5, 0.6) is 5.75 Å². The maximum Gasteiger partial charge on any atom is 0.254 e. The Labute approximate surface area is 176 Å². The Kier molecular flexibility index (Phi) is 4.51. The molecule has 5 atom stereocenters.